The second-order valence-electron chi connectivity index (χ2n) is 3.80. The average molecular weight is 273 g/mol. The van der Waals surface area contributed by atoms with Crippen LogP contribution in [0.5, 0.6) is 5.75 Å². The first kappa shape index (κ1) is 14.9. The summed E-state index contributed by atoms with van der Waals surface area (Å²) in [4.78, 5) is 0. The lowest BCUT2D eigenvalue weighted by Gasteiger charge is -2.17. The molecule has 1 aromatic carbocycles. The van der Waals surface area contributed by atoms with E-state index in [2.05, 4.69) is 4.72 Å². The molecule has 0 aliphatic rings. The molecule has 0 aliphatic heterocycles. The van der Waals surface area contributed by atoms with Gasteiger partial charge in [0.05, 0.1) is 7.11 Å². The fourth-order valence-corrected chi connectivity index (χ4v) is 2.33. The third kappa shape index (κ3) is 4.26. The first-order chi connectivity index (χ1) is 8.49. The van der Waals surface area contributed by atoms with Gasteiger partial charge in [0, 0.05) is 26.7 Å². The van der Waals surface area contributed by atoms with Gasteiger partial charge in [-0.1, -0.05) is 12.1 Å². The maximum absolute atomic E-state index is 11.8. The van der Waals surface area contributed by atoms with E-state index in [1.807, 2.05) is 18.2 Å². The number of hydrogen-bond donors (Lipinski definition) is 2. The first-order valence-corrected chi connectivity index (χ1v) is 6.97. The summed E-state index contributed by atoms with van der Waals surface area (Å²) in [7, 11) is -0.394. The van der Waals surface area contributed by atoms with Crippen molar-refractivity contribution in [1.29, 1.82) is 0 Å². The predicted molar refractivity (Wildman–Crippen MR) is 70.4 cm³/mol. The first-order valence-electron chi connectivity index (χ1n) is 5.53. The lowest BCUT2D eigenvalue weighted by atomic mass is 10.2. The molecule has 0 aliphatic carbocycles. The van der Waals surface area contributed by atoms with Gasteiger partial charge in [0.2, 0.25) is 0 Å². The van der Waals surface area contributed by atoms with Gasteiger partial charge in [0.25, 0.3) is 10.2 Å². The molecule has 1 aromatic rings. The minimum atomic E-state index is -3.48. The summed E-state index contributed by atoms with van der Waals surface area (Å²) < 4.78 is 32.3. The van der Waals surface area contributed by atoms with E-state index in [4.69, 9.17) is 10.5 Å². The van der Waals surface area contributed by atoms with Gasteiger partial charge in [-0.05, 0) is 17.7 Å². The van der Waals surface area contributed by atoms with Crippen molar-refractivity contribution >= 4 is 10.2 Å². The summed E-state index contributed by atoms with van der Waals surface area (Å²) in [5, 5.41) is 0. The lowest BCUT2D eigenvalue weighted by Crippen LogP contribution is -2.39. The highest BCUT2D eigenvalue weighted by Crippen LogP contribution is 2.14. The molecule has 3 N–H and O–H groups in total. The Bertz CT molecular complexity index is 476. The van der Waals surface area contributed by atoms with Crippen LogP contribution >= 0.6 is 0 Å². The zero-order valence-corrected chi connectivity index (χ0v) is 11.4. The minimum Gasteiger partial charge on any atom is -0.497 e. The Hall–Kier alpha value is -1.15. The van der Waals surface area contributed by atoms with Crippen LogP contribution in [0, 0.1) is 0 Å². The van der Waals surface area contributed by atoms with E-state index in [0.717, 1.165) is 5.56 Å². The largest absolute Gasteiger partial charge is 0.497 e. The molecule has 0 amide bonds. The van der Waals surface area contributed by atoms with Crippen LogP contribution in [0.25, 0.3) is 0 Å². The Balaban J connectivity index is 2.71. The number of nitrogens with two attached hydrogens (primary N) is 1. The molecule has 102 valence electrons. The van der Waals surface area contributed by atoms with Crippen molar-refractivity contribution in [2.24, 2.45) is 5.73 Å². The third-order valence-corrected chi connectivity index (χ3v) is 3.90. The number of rotatable bonds is 7. The van der Waals surface area contributed by atoms with Crippen molar-refractivity contribution < 1.29 is 13.2 Å². The zero-order chi connectivity index (χ0) is 13.6. The molecule has 7 heteroatoms. The van der Waals surface area contributed by atoms with Gasteiger partial charge < -0.3 is 10.5 Å². The molecule has 0 atom stereocenters. The number of nitrogens with one attached hydrogen (secondary N) is 1. The normalized spacial score (nSPS) is 11.8. The number of hydrogen-bond acceptors (Lipinski definition) is 4. The fourth-order valence-electron chi connectivity index (χ4n) is 1.41. The molecule has 0 saturated carbocycles. The molecule has 0 fully saturated rings. The van der Waals surface area contributed by atoms with Gasteiger partial charge in [-0.2, -0.15) is 12.7 Å². The van der Waals surface area contributed by atoms with E-state index >= 15 is 0 Å². The highest BCUT2D eigenvalue weighted by molar-refractivity contribution is 7.87. The van der Waals surface area contributed by atoms with E-state index in [-0.39, 0.29) is 19.6 Å². The maximum Gasteiger partial charge on any atom is 0.279 e. The van der Waals surface area contributed by atoms with Gasteiger partial charge in [-0.25, -0.2) is 4.72 Å². The molecule has 0 heterocycles. The molecule has 18 heavy (non-hydrogen) atoms. The molecule has 0 unspecified atom stereocenters. The van der Waals surface area contributed by atoms with Crippen LogP contribution in [-0.4, -0.2) is 40.0 Å². The predicted octanol–water partition coefficient (Wildman–Crippen LogP) is -0.0799. The van der Waals surface area contributed by atoms with Crippen molar-refractivity contribution in [3.8, 4) is 5.75 Å². The molecule has 0 aromatic heterocycles. The van der Waals surface area contributed by atoms with Crippen LogP contribution in [0.2, 0.25) is 0 Å². The van der Waals surface area contributed by atoms with Gasteiger partial charge >= 0.3 is 0 Å². The third-order valence-electron chi connectivity index (χ3n) is 2.38. The van der Waals surface area contributed by atoms with Gasteiger partial charge in [-0.15, -0.1) is 0 Å². The number of methoxy groups -OCH3 is 1. The lowest BCUT2D eigenvalue weighted by molar-refractivity contribution is 0.412. The minimum absolute atomic E-state index is 0.227. The summed E-state index contributed by atoms with van der Waals surface area (Å²) in [5.74, 6) is 0.702. The van der Waals surface area contributed by atoms with E-state index < -0.39 is 10.2 Å². The summed E-state index contributed by atoms with van der Waals surface area (Å²) in [6.07, 6.45) is 0. The summed E-state index contributed by atoms with van der Waals surface area (Å²) >= 11 is 0. The fraction of sp³-hybridized carbons (Fsp3) is 0.455. The molecule has 0 radical (unpaired) electrons. The van der Waals surface area contributed by atoms with Crippen LogP contribution < -0.4 is 15.2 Å². The molecule has 0 spiro atoms. The number of nitrogens with zero attached hydrogens (tertiary/aromatic N) is 1. The van der Waals surface area contributed by atoms with E-state index in [9.17, 15) is 8.42 Å². The number of benzene rings is 1. The Kier molecular flexibility index (Phi) is 5.54. The molecule has 6 nitrogen and oxygen atoms in total. The van der Waals surface area contributed by atoms with Crippen LogP contribution in [0.3, 0.4) is 0 Å². The summed E-state index contributed by atoms with van der Waals surface area (Å²) in [6.45, 7) is 0.772. The highest BCUT2D eigenvalue weighted by Gasteiger charge is 2.16. The van der Waals surface area contributed by atoms with Crippen LogP contribution in [0.15, 0.2) is 24.3 Å². The quantitative estimate of drug-likeness (QED) is 0.728. The molecular formula is C11H19N3O3S. The topological polar surface area (TPSA) is 84.7 Å². The molecule has 1 rings (SSSR count). The smallest absolute Gasteiger partial charge is 0.279 e. The standard InChI is InChI=1S/C11H19N3O3S/c1-14(18(15,16)13-7-6-12)9-10-4-3-5-11(8-10)17-2/h3-5,8,13H,6-7,9,12H2,1-2H3. The van der Waals surface area contributed by atoms with Crippen molar-refractivity contribution in [2.75, 3.05) is 27.2 Å². The van der Waals surface area contributed by atoms with Gasteiger partial charge in [0.15, 0.2) is 0 Å². The van der Waals surface area contributed by atoms with Gasteiger partial charge in [-0.3, -0.25) is 0 Å². The Morgan fingerprint density at radius 1 is 1.44 bits per heavy atom. The summed E-state index contributed by atoms with van der Waals surface area (Å²) in [6, 6.07) is 7.28. The molecule has 0 saturated heterocycles. The monoisotopic (exact) mass is 273 g/mol. The van der Waals surface area contributed by atoms with Crippen LogP contribution in [0.1, 0.15) is 5.56 Å². The van der Waals surface area contributed by atoms with Crippen LogP contribution in [0.4, 0.5) is 0 Å². The summed E-state index contributed by atoms with van der Waals surface area (Å²) in [5.41, 5.74) is 6.12. The highest BCUT2D eigenvalue weighted by atomic mass is 32.2. The van der Waals surface area contributed by atoms with Crippen molar-refractivity contribution in [3.05, 3.63) is 29.8 Å². The van der Waals surface area contributed by atoms with Crippen molar-refractivity contribution in [2.45, 2.75) is 6.54 Å². The molecule has 0 bridgehead atoms. The van der Waals surface area contributed by atoms with E-state index in [1.54, 1.807) is 13.2 Å². The van der Waals surface area contributed by atoms with Gasteiger partial charge in [0.1, 0.15) is 5.75 Å². The average Bonchev–Trinajstić information content (AvgIpc) is 2.36. The zero-order valence-electron chi connectivity index (χ0n) is 10.6. The molecular weight excluding hydrogens is 254 g/mol. The van der Waals surface area contributed by atoms with Crippen LogP contribution in [-0.2, 0) is 16.8 Å². The Morgan fingerprint density at radius 3 is 2.78 bits per heavy atom. The van der Waals surface area contributed by atoms with Crippen molar-refractivity contribution in [1.82, 2.24) is 9.03 Å². The number of ether oxygens (including phenoxy) is 1. The maximum atomic E-state index is 11.8. The second kappa shape index (κ2) is 6.69. The van der Waals surface area contributed by atoms with Crippen molar-refractivity contribution in [3.63, 3.8) is 0 Å². The Labute approximate surface area is 108 Å². The Morgan fingerprint density at radius 2 is 2.17 bits per heavy atom. The van der Waals surface area contributed by atoms with E-state index in [1.165, 1.54) is 11.4 Å². The SMILES string of the molecule is COc1cccc(CN(C)S(=O)(=O)NCCN)c1. The van der Waals surface area contributed by atoms with E-state index in [0.29, 0.717) is 5.75 Å². The second-order valence-corrected chi connectivity index (χ2v) is 5.66.